The van der Waals surface area contributed by atoms with Gasteiger partial charge in [0.25, 0.3) is 0 Å². The smallest absolute Gasteiger partial charge is 0.306 e. The minimum absolute atomic E-state index is 0.0993. The van der Waals surface area contributed by atoms with Gasteiger partial charge in [-0.15, -0.1) is 0 Å². The second kappa shape index (κ2) is 65.1. The fourth-order valence-corrected chi connectivity index (χ4v) is 8.53. The van der Waals surface area contributed by atoms with E-state index >= 15 is 0 Å². The Bertz CT molecular complexity index is 1670. The average molecular weight is 1080 g/mol. The van der Waals surface area contributed by atoms with E-state index in [9.17, 15) is 14.4 Å². The molecule has 1 unspecified atom stereocenters. The molecule has 0 aliphatic heterocycles. The van der Waals surface area contributed by atoms with Gasteiger partial charge in [0.2, 0.25) is 0 Å². The summed E-state index contributed by atoms with van der Waals surface area (Å²) in [6, 6.07) is 0. The van der Waals surface area contributed by atoms with E-state index in [-0.39, 0.29) is 31.1 Å². The molecule has 6 nitrogen and oxygen atoms in total. The summed E-state index contributed by atoms with van der Waals surface area (Å²) in [7, 11) is 0. The van der Waals surface area contributed by atoms with Crippen LogP contribution in [0.4, 0.5) is 0 Å². The maximum Gasteiger partial charge on any atom is 0.306 e. The number of allylic oxidation sites excluding steroid dienone is 22. The van der Waals surface area contributed by atoms with E-state index in [0.717, 1.165) is 161 Å². The number of esters is 3. The zero-order chi connectivity index (χ0) is 56.4. The fourth-order valence-electron chi connectivity index (χ4n) is 8.53. The molecule has 0 N–H and O–H groups in total. The lowest BCUT2D eigenvalue weighted by molar-refractivity contribution is -0.167. The summed E-state index contributed by atoms with van der Waals surface area (Å²) in [6.07, 6.45) is 91.6. The number of carbonyl (C=O) groups excluding carboxylic acids is 3. The molecular weight excluding hydrogens is 961 g/mol. The molecule has 0 aromatic heterocycles. The molecule has 0 aromatic rings. The molecule has 6 heteroatoms. The van der Waals surface area contributed by atoms with Gasteiger partial charge in [0.05, 0.1) is 0 Å². The van der Waals surface area contributed by atoms with Crippen molar-refractivity contribution >= 4 is 17.9 Å². The quantitative estimate of drug-likeness (QED) is 0.0261. The average Bonchev–Trinajstić information content (AvgIpc) is 3.44. The van der Waals surface area contributed by atoms with Crippen molar-refractivity contribution in [2.24, 2.45) is 0 Å². The number of unbranched alkanes of at least 4 members (excludes halogenated alkanes) is 24. The topological polar surface area (TPSA) is 78.9 Å². The van der Waals surface area contributed by atoms with Crippen molar-refractivity contribution in [2.75, 3.05) is 13.2 Å². The van der Waals surface area contributed by atoms with Crippen LogP contribution in [0, 0.1) is 0 Å². The van der Waals surface area contributed by atoms with E-state index in [1.54, 1.807) is 0 Å². The molecule has 0 heterocycles. The van der Waals surface area contributed by atoms with Gasteiger partial charge in [0.15, 0.2) is 6.10 Å². The molecule has 0 saturated heterocycles. The summed E-state index contributed by atoms with van der Waals surface area (Å²) in [5, 5.41) is 0. The fraction of sp³-hybridized carbons (Fsp3) is 0.653. The van der Waals surface area contributed by atoms with E-state index in [4.69, 9.17) is 14.2 Å². The third-order valence-electron chi connectivity index (χ3n) is 13.4. The van der Waals surface area contributed by atoms with Crippen molar-refractivity contribution in [3.05, 3.63) is 134 Å². The predicted molar refractivity (Wildman–Crippen MR) is 339 cm³/mol. The highest BCUT2D eigenvalue weighted by atomic mass is 16.6. The molecule has 1 atom stereocenters. The maximum atomic E-state index is 12.9. The SMILES string of the molecule is CC/C=C\C/C=C\C/C=C\C/C=C\C/C=C\C/C=C\CCCCCCCCC(=O)OCC(COC(=O)CCCCCCC/C=C\C/C=C\CCCC)OC(=O)CCCCCCCC/C=C\C/C=C\C/C=C\CCCCCCC. The molecule has 0 rings (SSSR count). The first-order chi connectivity index (χ1) is 38.5. The van der Waals surface area contributed by atoms with Crippen LogP contribution in [0.15, 0.2) is 134 Å². The van der Waals surface area contributed by atoms with Crippen molar-refractivity contribution in [1.29, 1.82) is 0 Å². The van der Waals surface area contributed by atoms with E-state index in [0.29, 0.717) is 19.3 Å². The molecule has 0 bridgehead atoms. The predicted octanol–water partition coefficient (Wildman–Crippen LogP) is 22.2. The van der Waals surface area contributed by atoms with Crippen LogP contribution in [0.2, 0.25) is 0 Å². The van der Waals surface area contributed by atoms with Crippen LogP contribution in [-0.2, 0) is 28.6 Å². The second-order valence-electron chi connectivity index (χ2n) is 20.9. The molecule has 0 radical (unpaired) electrons. The highest BCUT2D eigenvalue weighted by molar-refractivity contribution is 5.71. The van der Waals surface area contributed by atoms with Gasteiger partial charge in [-0.2, -0.15) is 0 Å². The van der Waals surface area contributed by atoms with Gasteiger partial charge in [0, 0.05) is 19.3 Å². The van der Waals surface area contributed by atoms with Crippen LogP contribution in [-0.4, -0.2) is 37.2 Å². The van der Waals surface area contributed by atoms with Gasteiger partial charge < -0.3 is 14.2 Å². The van der Waals surface area contributed by atoms with Crippen LogP contribution >= 0.6 is 0 Å². The minimum Gasteiger partial charge on any atom is -0.462 e. The van der Waals surface area contributed by atoms with Crippen molar-refractivity contribution < 1.29 is 28.6 Å². The Labute approximate surface area is 481 Å². The summed E-state index contributed by atoms with van der Waals surface area (Å²) < 4.78 is 16.9. The van der Waals surface area contributed by atoms with Gasteiger partial charge in [-0.3, -0.25) is 14.4 Å². The van der Waals surface area contributed by atoms with Crippen LogP contribution in [0.25, 0.3) is 0 Å². The first-order valence-corrected chi connectivity index (χ1v) is 32.2. The summed E-state index contributed by atoms with van der Waals surface area (Å²) >= 11 is 0. The third kappa shape index (κ3) is 62.4. The number of rotatable bonds is 57. The second-order valence-corrected chi connectivity index (χ2v) is 20.9. The molecule has 0 saturated carbocycles. The van der Waals surface area contributed by atoms with E-state index in [2.05, 4.69) is 154 Å². The molecule has 0 fully saturated rings. The number of carbonyl (C=O) groups is 3. The minimum atomic E-state index is -0.804. The van der Waals surface area contributed by atoms with Crippen LogP contribution in [0.3, 0.4) is 0 Å². The zero-order valence-corrected chi connectivity index (χ0v) is 50.6. The van der Waals surface area contributed by atoms with Gasteiger partial charge in [0.1, 0.15) is 13.2 Å². The largest absolute Gasteiger partial charge is 0.462 e. The lowest BCUT2D eigenvalue weighted by Crippen LogP contribution is -2.30. The van der Waals surface area contributed by atoms with E-state index in [1.165, 1.54) is 83.5 Å². The first kappa shape index (κ1) is 73.5. The molecule has 78 heavy (non-hydrogen) atoms. The van der Waals surface area contributed by atoms with E-state index in [1.807, 2.05) is 0 Å². The van der Waals surface area contributed by atoms with Crippen molar-refractivity contribution in [1.82, 2.24) is 0 Å². The Balaban J connectivity index is 4.44. The highest BCUT2D eigenvalue weighted by Gasteiger charge is 2.19. The maximum absolute atomic E-state index is 12.9. The Hall–Kier alpha value is -4.45. The summed E-state index contributed by atoms with van der Waals surface area (Å²) in [4.78, 5) is 38.3. The Kier molecular flexibility index (Phi) is 61.4. The summed E-state index contributed by atoms with van der Waals surface area (Å²) in [5.74, 6) is -0.938. The van der Waals surface area contributed by atoms with Gasteiger partial charge in [-0.25, -0.2) is 0 Å². The Morgan fingerprint density at radius 1 is 0.269 bits per heavy atom. The standard InChI is InChI=1S/C72H118O6/c1-4-7-10-13-16-19-22-25-28-30-32-34-35-36-37-39-40-42-44-47-50-53-56-59-62-65-71(74)77-68-69(67-76-70(73)64-61-58-55-52-49-46-27-24-21-18-15-12-9-6-3)78-72(75)66-63-60-57-54-51-48-45-43-41-38-33-31-29-26-23-20-17-14-11-8-5-2/h7,10,15-16,18-19,23-28,31-34,36-37,40-43,69H,4-6,8-9,11-14,17,20-22,29-30,35,38-39,44-68H2,1-3H3/b10-7-,18-15-,19-16-,26-23-,27-24-,28-25-,33-31-,34-32-,37-36-,42-40-,43-41-. The highest BCUT2D eigenvalue weighted by Crippen LogP contribution is 2.14. The molecule has 442 valence electrons. The molecular formula is C72H118O6. The van der Waals surface area contributed by atoms with Crippen molar-refractivity contribution in [3.63, 3.8) is 0 Å². The number of ether oxygens (including phenoxy) is 3. The van der Waals surface area contributed by atoms with Crippen LogP contribution < -0.4 is 0 Å². The number of hydrogen-bond acceptors (Lipinski definition) is 6. The van der Waals surface area contributed by atoms with Gasteiger partial charge in [-0.05, 0) is 135 Å². The molecule has 0 aromatic carbocycles. The lowest BCUT2D eigenvalue weighted by Gasteiger charge is -2.18. The van der Waals surface area contributed by atoms with E-state index < -0.39 is 6.10 Å². The van der Waals surface area contributed by atoms with Gasteiger partial charge in [-0.1, -0.05) is 264 Å². The van der Waals surface area contributed by atoms with Crippen molar-refractivity contribution in [2.45, 2.75) is 290 Å². The monoisotopic (exact) mass is 1080 g/mol. The summed E-state index contributed by atoms with van der Waals surface area (Å²) in [5.41, 5.74) is 0. The molecule has 0 amide bonds. The normalized spacial score (nSPS) is 13.0. The zero-order valence-electron chi connectivity index (χ0n) is 50.6. The van der Waals surface area contributed by atoms with Crippen LogP contribution in [0.1, 0.15) is 284 Å². The number of hydrogen-bond donors (Lipinski definition) is 0. The first-order valence-electron chi connectivity index (χ1n) is 32.2. The van der Waals surface area contributed by atoms with Gasteiger partial charge >= 0.3 is 17.9 Å². The van der Waals surface area contributed by atoms with Crippen molar-refractivity contribution in [3.8, 4) is 0 Å². The third-order valence-corrected chi connectivity index (χ3v) is 13.4. The molecule has 0 aliphatic carbocycles. The lowest BCUT2D eigenvalue weighted by atomic mass is 10.1. The van der Waals surface area contributed by atoms with Crippen LogP contribution in [0.5, 0.6) is 0 Å². The molecule has 0 aliphatic rings. The molecule has 0 spiro atoms. The Morgan fingerprint density at radius 3 is 0.821 bits per heavy atom. The Morgan fingerprint density at radius 2 is 0.513 bits per heavy atom. The summed E-state index contributed by atoms with van der Waals surface area (Å²) in [6.45, 7) is 6.45.